The number of fused-ring (bicyclic) bond motifs is 1. The summed E-state index contributed by atoms with van der Waals surface area (Å²) < 4.78 is 5.15. The number of carbonyl (C=O) groups is 2. The summed E-state index contributed by atoms with van der Waals surface area (Å²) in [6.07, 6.45) is 2.19. The Morgan fingerprint density at radius 2 is 2.12 bits per heavy atom. The van der Waals surface area contributed by atoms with Crippen molar-refractivity contribution in [1.82, 2.24) is 5.32 Å². The van der Waals surface area contributed by atoms with Crippen LogP contribution in [-0.4, -0.2) is 30.0 Å². The molecule has 2 heterocycles. The van der Waals surface area contributed by atoms with E-state index in [0.717, 1.165) is 23.2 Å². The zero-order chi connectivity index (χ0) is 17.3. The summed E-state index contributed by atoms with van der Waals surface area (Å²) in [6, 6.07) is 8.99. The molecule has 0 saturated carbocycles. The average molecular weight is 328 g/mol. The van der Waals surface area contributed by atoms with Gasteiger partial charge < -0.3 is 19.7 Å². The highest BCUT2D eigenvalue weighted by Gasteiger charge is 2.32. The molecule has 2 N–H and O–H groups in total. The number of furan rings is 1. The second-order valence-electron chi connectivity index (χ2n) is 6.21. The van der Waals surface area contributed by atoms with E-state index in [2.05, 4.69) is 5.32 Å². The summed E-state index contributed by atoms with van der Waals surface area (Å²) in [5, 5.41) is 12.8. The molecule has 2 aromatic rings. The summed E-state index contributed by atoms with van der Waals surface area (Å²) in [5.41, 5.74) is 1.62. The maximum Gasteiger partial charge on any atom is 0.316 e. The van der Waals surface area contributed by atoms with Crippen molar-refractivity contribution in [2.75, 3.05) is 18.0 Å². The van der Waals surface area contributed by atoms with Crippen LogP contribution in [0.5, 0.6) is 0 Å². The van der Waals surface area contributed by atoms with Crippen LogP contribution in [0.3, 0.4) is 0 Å². The van der Waals surface area contributed by atoms with E-state index in [0.29, 0.717) is 12.3 Å². The van der Waals surface area contributed by atoms with Crippen LogP contribution < -0.4 is 10.2 Å². The SMILES string of the molecule is Cc1cccc2c1CCN2C(=O)C(=O)NCC(C)(O)c1ccco1. The van der Waals surface area contributed by atoms with Crippen molar-refractivity contribution in [2.24, 2.45) is 0 Å². The van der Waals surface area contributed by atoms with Gasteiger partial charge in [-0.2, -0.15) is 0 Å². The zero-order valence-electron chi connectivity index (χ0n) is 13.7. The Morgan fingerprint density at radius 3 is 2.83 bits per heavy atom. The second-order valence-corrected chi connectivity index (χ2v) is 6.21. The predicted molar refractivity (Wildman–Crippen MR) is 88.5 cm³/mol. The van der Waals surface area contributed by atoms with Crippen molar-refractivity contribution in [2.45, 2.75) is 25.9 Å². The molecule has 1 atom stereocenters. The molecular weight excluding hydrogens is 308 g/mol. The average Bonchev–Trinajstić information content (AvgIpc) is 3.22. The smallest absolute Gasteiger partial charge is 0.316 e. The highest BCUT2D eigenvalue weighted by atomic mass is 16.4. The second kappa shape index (κ2) is 6.13. The van der Waals surface area contributed by atoms with Crippen LogP contribution >= 0.6 is 0 Å². The van der Waals surface area contributed by atoms with Gasteiger partial charge in [0.05, 0.1) is 12.8 Å². The van der Waals surface area contributed by atoms with Gasteiger partial charge in [-0.25, -0.2) is 0 Å². The van der Waals surface area contributed by atoms with Gasteiger partial charge in [-0.1, -0.05) is 12.1 Å². The highest BCUT2D eigenvalue weighted by molar-refractivity contribution is 6.40. The van der Waals surface area contributed by atoms with Crippen molar-refractivity contribution in [3.05, 3.63) is 53.5 Å². The fourth-order valence-electron chi connectivity index (χ4n) is 2.94. The summed E-state index contributed by atoms with van der Waals surface area (Å²) in [7, 11) is 0. The van der Waals surface area contributed by atoms with Crippen molar-refractivity contribution in [3.8, 4) is 0 Å². The molecule has 1 aromatic carbocycles. The molecule has 0 fully saturated rings. The van der Waals surface area contributed by atoms with Crippen LogP contribution in [0.1, 0.15) is 23.8 Å². The predicted octanol–water partition coefficient (Wildman–Crippen LogP) is 1.50. The first-order chi connectivity index (χ1) is 11.4. The van der Waals surface area contributed by atoms with E-state index < -0.39 is 17.4 Å². The van der Waals surface area contributed by atoms with Gasteiger partial charge in [0.25, 0.3) is 0 Å². The fourth-order valence-corrected chi connectivity index (χ4v) is 2.94. The van der Waals surface area contributed by atoms with E-state index in [1.165, 1.54) is 18.1 Å². The minimum Gasteiger partial charge on any atom is -0.466 e. The maximum absolute atomic E-state index is 12.4. The number of hydrogen-bond acceptors (Lipinski definition) is 4. The molecule has 0 bridgehead atoms. The van der Waals surface area contributed by atoms with Crippen LogP contribution in [0.2, 0.25) is 0 Å². The van der Waals surface area contributed by atoms with Gasteiger partial charge in [0.15, 0.2) is 0 Å². The number of amides is 2. The molecule has 1 unspecified atom stereocenters. The first-order valence-corrected chi connectivity index (χ1v) is 7.85. The van der Waals surface area contributed by atoms with E-state index in [-0.39, 0.29) is 6.54 Å². The third kappa shape index (κ3) is 2.92. The lowest BCUT2D eigenvalue weighted by atomic mass is 10.0. The molecule has 2 amide bonds. The number of aliphatic hydroxyl groups is 1. The Bertz CT molecular complexity index is 765. The molecule has 0 spiro atoms. The monoisotopic (exact) mass is 328 g/mol. The lowest BCUT2D eigenvalue weighted by Gasteiger charge is -2.22. The van der Waals surface area contributed by atoms with Gasteiger partial charge in [-0.3, -0.25) is 9.59 Å². The third-order valence-corrected chi connectivity index (χ3v) is 4.35. The van der Waals surface area contributed by atoms with Crippen LogP contribution in [-0.2, 0) is 21.6 Å². The standard InChI is InChI=1S/C18H20N2O4/c1-12-5-3-6-14-13(12)8-9-20(14)17(22)16(21)19-11-18(2,23)15-7-4-10-24-15/h3-7,10,23H,8-9,11H2,1-2H3,(H,19,21). The summed E-state index contributed by atoms with van der Waals surface area (Å²) >= 11 is 0. The van der Waals surface area contributed by atoms with Crippen LogP contribution in [0.15, 0.2) is 41.0 Å². The number of rotatable bonds is 3. The van der Waals surface area contributed by atoms with E-state index in [1.807, 2.05) is 25.1 Å². The molecule has 3 rings (SSSR count). The van der Waals surface area contributed by atoms with E-state index in [1.54, 1.807) is 12.1 Å². The summed E-state index contributed by atoms with van der Waals surface area (Å²) in [5.74, 6) is -1.02. The van der Waals surface area contributed by atoms with Gasteiger partial charge in [-0.05, 0) is 49.6 Å². The lowest BCUT2D eigenvalue weighted by Crippen LogP contribution is -2.46. The fraction of sp³-hybridized carbons (Fsp3) is 0.333. The molecule has 1 aliphatic heterocycles. The van der Waals surface area contributed by atoms with Gasteiger partial charge in [0.2, 0.25) is 0 Å². The van der Waals surface area contributed by atoms with Crippen LogP contribution in [0.25, 0.3) is 0 Å². The number of nitrogens with zero attached hydrogens (tertiary/aromatic N) is 1. The molecule has 6 heteroatoms. The molecule has 0 saturated heterocycles. The molecule has 0 radical (unpaired) electrons. The molecule has 126 valence electrons. The Hall–Kier alpha value is -2.60. The van der Waals surface area contributed by atoms with Crippen molar-refractivity contribution >= 4 is 17.5 Å². The topological polar surface area (TPSA) is 82.8 Å². The molecule has 6 nitrogen and oxygen atoms in total. The number of carbonyl (C=O) groups excluding carboxylic acids is 2. The number of hydrogen-bond donors (Lipinski definition) is 2. The van der Waals surface area contributed by atoms with Gasteiger partial charge in [0, 0.05) is 12.2 Å². The quantitative estimate of drug-likeness (QED) is 0.837. The maximum atomic E-state index is 12.4. The molecule has 1 aromatic heterocycles. The van der Waals surface area contributed by atoms with E-state index >= 15 is 0 Å². The molecule has 24 heavy (non-hydrogen) atoms. The van der Waals surface area contributed by atoms with E-state index in [4.69, 9.17) is 4.42 Å². The molecule has 1 aliphatic rings. The normalized spacial score (nSPS) is 15.7. The van der Waals surface area contributed by atoms with Crippen LogP contribution in [0, 0.1) is 6.92 Å². The molecule has 0 aliphatic carbocycles. The third-order valence-electron chi connectivity index (χ3n) is 4.35. The number of nitrogens with one attached hydrogen (secondary N) is 1. The van der Waals surface area contributed by atoms with Crippen LogP contribution in [0.4, 0.5) is 5.69 Å². The highest BCUT2D eigenvalue weighted by Crippen LogP contribution is 2.30. The van der Waals surface area contributed by atoms with Crippen molar-refractivity contribution in [3.63, 3.8) is 0 Å². The van der Waals surface area contributed by atoms with Crippen molar-refractivity contribution < 1.29 is 19.1 Å². The number of benzene rings is 1. The summed E-state index contributed by atoms with van der Waals surface area (Å²) in [4.78, 5) is 26.1. The van der Waals surface area contributed by atoms with E-state index in [9.17, 15) is 14.7 Å². The minimum absolute atomic E-state index is 0.112. The molecular formula is C18H20N2O4. The Balaban J connectivity index is 1.67. The van der Waals surface area contributed by atoms with Crippen molar-refractivity contribution in [1.29, 1.82) is 0 Å². The lowest BCUT2D eigenvalue weighted by molar-refractivity contribution is -0.138. The first-order valence-electron chi connectivity index (χ1n) is 7.85. The number of anilines is 1. The Kier molecular flexibility index (Phi) is 4.15. The van der Waals surface area contributed by atoms with Gasteiger partial charge >= 0.3 is 11.8 Å². The minimum atomic E-state index is -1.38. The first kappa shape index (κ1) is 16.3. The number of aryl methyl sites for hydroxylation is 1. The van der Waals surface area contributed by atoms with Gasteiger partial charge in [-0.15, -0.1) is 0 Å². The largest absolute Gasteiger partial charge is 0.466 e. The Labute approximate surface area is 140 Å². The van der Waals surface area contributed by atoms with Gasteiger partial charge in [0.1, 0.15) is 11.4 Å². The summed E-state index contributed by atoms with van der Waals surface area (Å²) in [6.45, 7) is 3.89. The zero-order valence-corrected chi connectivity index (χ0v) is 13.7. The Morgan fingerprint density at radius 1 is 1.33 bits per heavy atom.